The number of fused-ring (bicyclic) bond motifs is 1. The molecule has 2 aromatic rings. The molecule has 0 bridgehead atoms. The Morgan fingerprint density at radius 3 is 3.05 bits per heavy atom. The second kappa shape index (κ2) is 6.67. The van der Waals surface area contributed by atoms with E-state index >= 15 is 0 Å². The Bertz CT molecular complexity index is 635. The Kier molecular flexibility index (Phi) is 4.66. The highest BCUT2D eigenvalue weighted by atomic mass is 32.2. The molecular weight excluding hydrogens is 298 g/mol. The van der Waals surface area contributed by atoms with E-state index in [1.165, 1.54) is 16.0 Å². The minimum Gasteiger partial charge on any atom is -0.311 e. The maximum atomic E-state index is 12.5. The van der Waals surface area contributed by atoms with E-state index in [2.05, 4.69) is 36.6 Å². The van der Waals surface area contributed by atoms with Crippen LogP contribution in [0.5, 0.6) is 0 Å². The van der Waals surface area contributed by atoms with Crippen molar-refractivity contribution in [2.24, 2.45) is 0 Å². The number of carbonyl (C=O) groups excluding carboxylic acids is 1. The van der Waals surface area contributed by atoms with Crippen LogP contribution in [0, 0.1) is 6.92 Å². The van der Waals surface area contributed by atoms with Gasteiger partial charge in [0, 0.05) is 22.9 Å². The summed E-state index contributed by atoms with van der Waals surface area (Å²) in [6, 6.07) is 10.5. The molecule has 0 atom stereocenters. The predicted octanol–water partition coefficient (Wildman–Crippen LogP) is 4.27. The third-order valence-corrected chi connectivity index (χ3v) is 5.59. The van der Waals surface area contributed by atoms with Gasteiger partial charge in [-0.05, 0) is 48.4 Å². The number of hydrogen-bond acceptors (Lipinski definition) is 3. The third-order valence-electron chi connectivity index (χ3n) is 3.69. The fourth-order valence-electron chi connectivity index (χ4n) is 2.70. The summed E-state index contributed by atoms with van der Waals surface area (Å²) in [6.07, 6.45) is 2.15. The number of thioether (sulfide) groups is 1. The van der Waals surface area contributed by atoms with Crippen molar-refractivity contribution in [2.75, 3.05) is 17.2 Å². The molecule has 1 aromatic carbocycles. The van der Waals surface area contributed by atoms with Crippen molar-refractivity contribution < 1.29 is 4.79 Å². The Morgan fingerprint density at radius 2 is 2.24 bits per heavy atom. The highest BCUT2D eigenvalue weighted by Crippen LogP contribution is 2.27. The van der Waals surface area contributed by atoms with Gasteiger partial charge in [0.25, 0.3) is 0 Å². The highest BCUT2D eigenvalue weighted by molar-refractivity contribution is 7.99. The average molecular weight is 317 g/mol. The van der Waals surface area contributed by atoms with Gasteiger partial charge in [-0.2, -0.15) is 0 Å². The van der Waals surface area contributed by atoms with Gasteiger partial charge >= 0.3 is 0 Å². The number of thiophene rings is 1. The molecule has 1 aliphatic rings. The molecule has 0 unspecified atom stereocenters. The number of amides is 1. The van der Waals surface area contributed by atoms with Crippen molar-refractivity contribution in [1.82, 2.24) is 0 Å². The SMILES string of the molecule is Cc1cc(CSCC(=O)N2CCCc3ccccc32)cs1. The zero-order valence-corrected chi connectivity index (χ0v) is 13.8. The summed E-state index contributed by atoms with van der Waals surface area (Å²) in [4.78, 5) is 15.8. The van der Waals surface area contributed by atoms with E-state index in [1.54, 1.807) is 23.1 Å². The molecule has 0 spiro atoms. The number of aryl methyl sites for hydroxylation is 2. The quantitative estimate of drug-likeness (QED) is 0.839. The molecule has 1 amide bonds. The second-order valence-corrected chi connectivity index (χ2v) is 7.44. The number of anilines is 1. The van der Waals surface area contributed by atoms with E-state index in [1.807, 2.05) is 11.0 Å². The lowest BCUT2D eigenvalue weighted by Crippen LogP contribution is -2.36. The zero-order valence-electron chi connectivity index (χ0n) is 12.2. The summed E-state index contributed by atoms with van der Waals surface area (Å²) < 4.78 is 0. The Morgan fingerprint density at radius 1 is 1.38 bits per heavy atom. The van der Waals surface area contributed by atoms with E-state index in [0.29, 0.717) is 5.75 Å². The third kappa shape index (κ3) is 3.50. The molecule has 21 heavy (non-hydrogen) atoms. The number of para-hydroxylation sites is 1. The van der Waals surface area contributed by atoms with Crippen molar-refractivity contribution >= 4 is 34.7 Å². The number of rotatable bonds is 4. The molecule has 0 fully saturated rings. The van der Waals surface area contributed by atoms with Gasteiger partial charge in [-0.1, -0.05) is 18.2 Å². The number of benzene rings is 1. The number of carbonyl (C=O) groups is 1. The highest BCUT2D eigenvalue weighted by Gasteiger charge is 2.21. The van der Waals surface area contributed by atoms with Crippen molar-refractivity contribution in [2.45, 2.75) is 25.5 Å². The minimum atomic E-state index is 0.235. The van der Waals surface area contributed by atoms with Gasteiger partial charge < -0.3 is 4.90 Å². The van der Waals surface area contributed by atoms with Crippen LogP contribution in [0.4, 0.5) is 5.69 Å². The molecule has 0 saturated heterocycles. The lowest BCUT2D eigenvalue weighted by molar-refractivity contribution is -0.116. The van der Waals surface area contributed by atoms with E-state index < -0.39 is 0 Å². The summed E-state index contributed by atoms with van der Waals surface area (Å²) in [5, 5.41) is 2.18. The second-order valence-electron chi connectivity index (χ2n) is 5.34. The zero-order chi connectivity index (χ0) is 14.7. The van der Waals surface area contributed by atoms with Gasteiger partial charge in [0.2, 0.25) is 5.91 Å². The van der Waals surface area contributed by atoms with Crippen LogP contribution in [0.3, 0.4) is 0 Å². The maximum Gasteiger partial charge on any atom is 0.236 e. The minimum absolute atomic E-state index is 0.235. The summed E-state index contributed by atoms with van der Waals surface area (Å²) >= 11 is 3.48. The van der Waals surface area contributed by atoms with Crippen LogP contribution in [-0.2, 0) is 17.0 Å². The number of nitrogens with zero attached hydrogens (tertiary/aromatic N) is 1. The Labute approximate surface area is 134 Å². The first kappa shape index (κ1) is 14.7. The predicted molar refractivity (Wildman–Crippen MR) is 92.3 cm³/mol. The molecule has 0 saturated carbocycles. The first-order chi connectivity index (χ1) is 10.2. The van der Waals surface area contributed by atoms with Crippen molar-refractivity contribution in [3.63, 3.8) is 0 Å². The molecule has 3 rings (SSSR count). The van der Waals surface area contributed by atoms with Gasteiger partial charge in [-0.25, -0.2) is 0 Å². The largest absolute Gasteiger partial charge is 0.311 e. The van der Waals surface area contributed by atoms with Crippen LogP contribution in [-0.4, -0.2) is 18.2 Å². The molecule has 0 aliphatic carbocycles. The van der Waals surface area contributed by atoms with E-state index in [0.717, 1.165) is 30.8 Å². The summed E-state index contributed by atoms with van der Waals surface area (Å²) in [6.45, 7) is 2.97. The monoisotopic (exact) mass is 317 g/mol. The van der Waals surface area contributed by atoms with Crippen LogP contribution in [0.15, 0.2) is 35.7 Å². The van der Waals surface area contributed by atoms with Gasteiger partial charge in [0.05, 0.1) is 5.75 Å². The molecule has 0 N–H and O–H groups in total. The van der Waals surface area contributed by atoms with E-state index in [9.17, 15) is 4.79 Å². The molecule has 110 valence electrons. The van der Waals surface area contributed by atoms with Crippen LogP contribution >= 0.6 is 23.1 Å². The van der Waals surface area contributed by atoms with E-state index in [4.69, 9.17) is 0 Å². The molecular formula is C17H19NOS2. The maximum absolute atomic E-state index is 12.5. The van der Waals surface area contributed by atoms with Gasteiger partial charge in [0.1, 0.15) is 0 Å². The number of hydrogen-bond donors (Lipinski definition) is 0. The molecule has 4 heteroatoms. The van der Waals surface area contributed by atoms with Gasteiger partial charge in [-0.15, -0.1) is 23.1 Å². The topological polar surface area (TPSA) is 20.3 Å². The summed E-state index contributed by atoms with van der Waals surface area (Å²) in [5.74, 6) is 1.72. The summed E-state index contributed by atoms with van der Waals surface area (Å²) in [7, 11) is 0. The van der Waals surface area contributed by atoms with Crippen molar-refractivity contribution in [3.8, 4) is 0 Å². The fourth-order valence-corrected chi connectivity index (χ4v) is 4.35. The lowest BCUT2D eigenvalue weighted by Gasteiger charge is -2.29. The lowest BCUT2D eigenvalue weighted by atomic mass is 10.0. The Balaban J connectivity index is 1.59. The van der Waals surface area contributed by atoms with Gasteiger partial charge in [0.15, 0.2) is 0 Å². The van der Waals surface area contributed by atoms with Gasteiger partial charge in [-0.3, -0.25) is 4.79 Å². The molecule has 1 aromatic heterocycles. The average Bonchev–Trinajstić information content (AvgIpc) is 2.92. The normalized spacial score (nSPS) is 14.0. The van der Waals surface area contributed by atoms with Crippen LogP contribution in [0.1, 0.15) is 22.4 Å². The molecule has 0 radical (unpaired) electrons. The van der Waals surface area contributed by atoms with Crippen LogP contribution in [0.2, 0.25) is 0 Å². The standard InChI is InChI=1S/C17H19NOS2/c1-13-9-14(11-21-13)10-20-12-17(19)18-8-4-6-15-5-2-3-7-16(15)18/h2-3,5,7,9,11H,4,6,8,10,12H2,1H3. The fraction of sp³-hybridized carbons (Fsp3) is 0.353. The molecule has 2 heterocycles. The van der Waals surface area contributed by atoms with Crippen molar-refractivity contribution in [3.05, 3.63) is 51.7 Å². The molecule has 1 aliphatic heterocycles. The first-order valence-electron chi connectivity index (χ1n) is 7.24. The van der Waals surface area contributed by atoms with Crippen LogP contribution in [0.25, 0.3) is 0 Å². The first-order valence-corrected chi connectivity index (χ1v) is 9.27. The van der Waals surface area contributed by atoms with E-state index in [-0.39, 0.29) is 5.91 Å². The Hall–Kier alpha value is -1.26. The summed E-state index contributed by atoms with van der Waals surface area (Å²) in [5.41, 5.74) is 3.74. The smallest absolute Gasteiger partial charge is 0.236 e. The van der Waals surface area contributed by atoms with Crippen LogP contribution < -0.4 is 4.90 Å². The van der Waals surface area contributed by atoms with Crippen molar-refractivity contribution in [1.29, 1.82) is 0 Å². The molecule has 2 nitrogen and oxygen atoms in total.